The van der Waals surface area contributed by atoms with Crippen molar-refractivity contribution in [1.82, 2.24) is 9.55 Å². The third-order valence-electron chi connectivity index (χ3n) is 3.77. The highest BCUT2D eigenvalue weighted by atomic mass is 32.2. The van der Waals surface area contributed by atoms with Gasteiger partial charge >= 0.3 is 0 Å². The van der Waals surface area contributed by atoms with Crippen LogP contribution in [0.1, 0.15) is 25.2 Å². The van der Waals surface area contributed by atoms with Crippen LogP contribution in [-0.4, -0.2) is 29.6 Å². The Bertz CT molecular complexity index is 887. The van der Waals surface area contributed by atoms with Gasteiger partial charge in [-0.1, -0.05) is 25.6 Å². The van der Waals surface area contributed by atoms with Gasteiger partial charge < -0.3 is 9.88 Å². The molecule has 0 aliphatic rings. The Kier molecular flexibility index (Phi) is 6.48. The van der Waals surface area contributed by atoms with E-state index in [1.807, 2.05) is 13.8 Å². The summed E-state index contributed by atoms with van der Waals surface area (Å²) in [5.74, 6) is 0.505. The summed E-state index contributed by atoms with van der Waals surface area (Å²) in [6, 6.07) is 5.74. The topological polar surface area (TPSA) is 107 Å². The SMILES string of the molecule is Cc1nc(SCC(=O)Nc2ccc(S(N)(=O)=O)cc2)n(CC(C)C)c1C. The van der Waals surface area contributed by atoms with Crippen LogP contribution in [0.4, 0.5) is 5.69 Å². The van der Waals surface area contributed by atoms with Crippen LogP contribution in [0.2, 0.25) is 0 Å². The molecule has 1 aromatic heterocycles. The number of rotatable bonds is 7. The molecule has 1 heterocycles. The van der Waals surface area contributed by atoms with Gasteiger partial charge in [0.1, 0.15) is 0 Å². The molecule has 0 bridgehead atoms. The van der Waals surface area contributed by atoms with Crippen LogP contribution in [-0.2, 0) is 21.4 Å². The fourth-order valence-corrected chi connectivity index (χ4v) is 3.79. The van der Waals surface area contributed by atoms with Gasteiger partial charge in [-0.15, -0.1) is 0 Å². The van der Waals surface area contributed by atoms with Gasteiger partial charge in [0.05, 0.1) is 16.3 Å². The van der Waals surface area contributed by atoms with Crippen molar-refractivity contribution < 1.29 is 13.2 Å². The second kappa shape index (κ2) is 8.24. The molecule has 3 N–H and O–H groups in total. The maximum Gasteiger partial charge on any atom is 0.238 e. The minimum Gasteiger partial charge on any atom is -0.325 e. The summed E-state index contributed by atoms with van der Waals surface area (Å²) in [6.07, 6.45) is 0. The third kappa shape index (κ3) is 5.33. The summed E-state index contributed by atoms with van der Waals surface area (Å²) in [5, 5.41) is 8.62. The lowest BCUT2D eigenvalue weighted by Gasteiger charge is -2.12. The summed E-state index contributed by atoms with van der Waals surface area (Å²) in [7, 11) is -3.74. The summed E-state index contributed by atoms with van der Waals surface area (Å²) in [5.41, 5.74) is 2.59. The van der Waals surface area contributed by atoms with E-state index in [4.69, 9.17) is 5.14 Å². The van der Waals surface area contributed by atoms with E-state index in [2.05, 4.69) is 28.7 Å². The highest BCUT2D eigenvalue weighted by Gasteiger charge is 2.14. The summed E-state index contributed by atoms with van der Waals surface area (Å²) >= 11 is 1.38. The highest BCUT2D eigenvalue weighted by Crippen LogP contribution is 2.23. The van der Waals surface area contributed by atoms with E-state index in [1.54, 1.807) is 0 Å². The van der Waals surface area contributed by atoms with E-state index in [0.29, 0.717) is 11.6 Å². The van der Waals surface area contributed by atoms with Gasteiger partial charge in [0.15, 0.2) is 5.16 Å². The van der Waals surface area contributed by atoms with E-state index >= 15 is 0 Å². The summed E-state index contributed by atoms with van der Waals surface area (Å²) in [4.78, 5) is 16.7. The largest absolute Gasteiger partial charge is 0.325 e. The Labute approximate surface area is 158 Å². The Hall–Kier alpha value is -1.84. The minimum atomic E-state index is -3.74. The molecule has 0 atom stereocenters. The summed E-state index contributed by atoms with van der Waals surface area (Å²) in [6.45, 7) is 9.12. The molecule has 9 heteroatoms. The lowest BCUT2D eigenvalue weighted by molar-refractivity contribution is -0.113. The first-order chi connectivity index (χ1) is 12.1. The van der Waals surface area contributed by atoms with Gasteiger partial charge in [-0.25, -0.2) is 18.5 Å². The molecule has 142 valence electrons. The number of nitrogens with zero attached hydrogens (tertiary/aromatic N) is 2. The van der Waals surface area contributed by atoms with E-state index in [0.717, 1.165) is 23.1 Å². The predicted octanol–water partition coefficient (Wildman–Crippen LogP) is 2.53. The predicted molar refractivity (Wildman–Crippen MR) is 104 cm³/mol. The van der Waals surface area contributed by atoms with Crippen molar-refractivity contribution in [1.29, 1.82) is 0 Å². The number of aryl methyl sites for hydroxylation is 1. The number of carbonyl (C=O) groups excluding carboxylic acids is 1. The number of nitrogens with two attached hydrogens (primary N) is 1. The van der Waals surface area contributed by atoms with Crippen molar-refractivity contribution >= 4 is 33.4 Å². The average molecular weight is 397 g/mol. The van der Waals surface area contributed by atoms with E-state index < -0.39 is 10.0 Å². The molecule has 1 amide bonds. The van der Waals surface area contributed by atoms with Crippen LogP contribution in [0.5, 0.6) is 0 Å². The first-order valence-corrected chi connectivity index (χ1v) is 10.7. The number of hydrogen-bond donors (Lipinski definition) is 2. The van der Waals surface area contributed by atoms with E-state index in [1.165, 1.54) is 36.0 Å². The molecular weight excluding hydrogens is 372 g/mol. The highest BCUT2D eigenvalue weighted by molar-refractivity contribution is 7.99. The van der Waals surface area contributed by atoms with Crippen LogP contribution in [0.15, 0.2) is 34.3 Å². The second-order valence-corrected chi connectivity index (χ2v) is 8.98. The molecule has 0 aliphatic carbocycles. The first-order valence-electron chi connectivity index (χ1n) is 8.17. The molecule has 0 saturated heterocycles. The average Bonchev–Trinajstić information content (AvgIpc) is 2.80. The van der Waals surface area contributed by atoms with Crippen molar-refractivity contribution in [3.63, 3.8) is 0 Å². The zero-order chi connectivity index (χ0) is 19.5. The fraction of sp³-hybridized carbons (Fsp3) is 0.412. The first kappa shape index (κ1) is 20.5. The molecule has 0 saturated carbocycles. The summed E-state index contributed by atoms with van der Waals surface area (Å²) < 4.78 is 24.6. The molecule has 0 spiro atoms. The number of hydrogen-bond acceptors (Lipinski definition) is 5. The molecule has 7 nitrogen and oxygen atoms in total. The zero-order valence-electron chi connectivity index (χ0n) is 15.3. The van der Waals surface area contributed by atoms with Crippen LogP contribution in [0, 0.1) is 19.8 Å². The Morgan fingerprint density at radius 1 is 1.27 bits per heavy atom. The number of imidazole rings is 1. The van der Waals surface area contributed by atoms with E-state index in [9.17, 15) is 13.2 Å². The van der Waals surface area contributed by atoms with Gasteiger partial charge in [0, 0.05) is 17.9 Å². The molecule has 1 aromatic carbocycles. The van der Waals surface area contributed by atoms with Crippen LogP contribution >= 0.6 is 11.8 Å². The monoisotopic (exact) mass is 396 g/mol. The number of carbonyl (C=O) groups is 1. The number of thioether (sulfide) groups is 1. The minimum absolute atomic E-state index is 0.00605. The van der Waals surface area contributed by atoms with Gasteiger partial charge in [-0.3, -0.25) is 4.79 Å². The van der Waals surface area contributed by atoms with Crippen molar-refractivity contribution in [3.8, 4) is 0 Å². The quantitative estimate of drug-likeness (QED) is 0.699. The van der Waals surface area contributed by atoms with Crippen LogP contribution in [0.3, 0.4) is 0 Å². The van der Waals surface area contributed by atoms with Gasteiger partial charge in [-0.05, 0) is 44.0 Å². The second-order valence-electron chi connectivity index (χ2n) is 6.48. The molecule has 26 heavy (non-hydrogen) atoms. The van der Waals surface area contributed by atoms with Crippen LogP contribution in [0.25, 0.3) is 0 Å². The van der Waals surface area contributed by atoms with E-state index in [-0.39, 0.29) is 16.6 Å². The molecule has 0 unspecified atom stereocenters. The maximum atomic E-state index is 12.2. The number of primary sulfonamides is 1. The fourth-order valence-electron chi connectivity index (χ4n) is 2.37. The Balaban J connectivity index is 2.00. The Morgan fingerprint density at radius 2 is 1.88 bits per heavy atom. The number of aromatic nitrogens is 2. The standard InChI is InChI=1S/C17H24N4O3S2/c1-11(2)9-21-13(4)12(3)19-17(21)25-10-16(22)20-14-5-7-15(8-6-14)26(18,23)24/h5-8,11H,9-10H2,1-4H3,(H,20,22)(H2,18,23,24). The molecule has 2 aromatic rings. The molecule has 0 aliphatic heterocycles. The maximum absolute atomic E-state index is 12.2. The number of benzene rings is 1. The van der Waals surface area contributed by atoms with Crippen molar-refractivity contribution in [2.75, 3.05) is 11.1 Å². The van der Waals surface area contributed by atoms with Crippen molar-refractivity contribution in [3.05, 3.63) is 35.7 Å². The normalized spacial score (nSPS) is 11.8. The van der Waals surface area contributed by atoms with Crippen molar-refractivity contribution in [2.45, 2.75) is 44.3 Å². The Morgan fingerprint density at radius 3 is 2.42 bits per heavy atom. The number of anilines is 1. The number of amides is 1. The number of nitrogens with one attached hydrogen (secondary N) is 1. The van der Waals surface area contributed by atoms with Gasteiger partial charge in [-0.2, -0.15) is 0 Å². The molecule has 0 radical (unpaired) electrons. The molecule has 2 rings (SSSR count). The van der Waals surface area contributed by atoms with Crippen molar-refractivity contribution in [2.24, 2.45) is 11.1 Å². The van der Waals surface area contributed by atoms with Crippen LogP contribution < -0.4 is 10.5 Å². The number of sulfonamides is 1. The lowest BCUT2D eigenvalue weighted by atomic mass is 10.2. The third-order valence-corrected chi connectivity index (χ3v) is 5.68. The molecular formula is C17H24N4O3S2. The lowest BCUT2D eigenvalue weighted by Crippen LogP contribution is -2.16. The van der Waals surface area contributed by atoms with Gasteiger partial charge in [0.2, 0.25) is 15.9 Å². The smallest absolute Gasteiger partial charge is 0.238 e. The van der Waals surface area contributed by atoms with Gasteiger partial charge in [0.25, 0.3) is 0 Å². The molecule has 0 fully saturated rings. The zero-order valence-corrected chi connectivity index (χ0v) is 16.9.